The Kier molecular flexibility index (Phi) is 9.62. The molecule has 1 amide bonds. The van der Waals surface area contributed by atoms with Crippen molar-refractivity contribution in [3.05, 3.63) is 71.4 Å². The van der Waals surface area contributed by atoms with E-state index in [2.05, 4.69) is 10.3 Å². The number of aromatic nitrogens is 1. The zero-order chi connectivity index (χ0) is 31.5. The number of amides is 1. The summed E-state index contributed by atoms with van der Waals surface area (Å²) in [5, 5.41) is 12.7. The number of nitrogens with one attached hydrogen (secondary N) is 1. The fourth-order valence-electron chi connectivity index (χ4n) is 3.84. The van der Waals surface area contributed by atoms with Crippen LogP contribution in [-0.4, -0.2) is 54.6 Å². The minimum atomic E-state index is -4.33. The third kappa shape index (κ3) is 7.44. The molecule has 232 valence electrons. The maximum absolute atomic E-state index is 13.9. The molecule has 0 saturated heterocycles. The van der Waals surface area contributed by atoms with Gasteiger partial charge in [0.05, 0.1) is 23.6 Å². The molecule has 0 aliphatic carbocycles. The van der Waals surface area contributed by atoms with Gasteiger partial charge < -0.3 is 29.5 Å². The van der Waals surface area contributed by atoms with Crippen molar-refractivity contribution in [2.45, 2.75) is 44.2 Å². The van der Waals surface area contributed by atoms with E-state index in [1.165, 1.54) is 49.4 Å². The molecule has 1 aromatic heterocycles. The second-order valence-electron chi connectivity index (χ2n) is 9.87. The number of hydrogen-bond donors (Lipinski definition) is 2. The van der Waals surface area contributed by atoms with Crippen LogP contribution in [0.3, 0.4) is 0 Å². The van der Waals surface area contributed by atoms with Gasteiger partial charge in [0, 0.05) is 6.07 Å². The number of aliphatic hydroxyl groups excluding tert-OH is 1. The van der Waals surface area contributed by atoms with Crippen molar-refractivity contribution in [2.24, 2.45) is 5.92 Å². The molecule has 3 aromatic rings. The zero-order valence-corrected chi connectivity index (χ0v) is 23.8. The van der Waals surface area contributed by atoms with Crippen molar-refractivity contribution in [3.63, 3.8) is 0 Å². The summed E-state index contributed by atoms with van der Waals surface area (Å²) in [4.78, 5) is 20.8. The van der Waals surface area contributed by atoms with E-state index in [9.17, 15) is 35.9 Å². The van der Waals surface area contributed by atoms with Crippen molar-refractivity contribution in [1.82, 2.24) is 14.8 Å². The fourth-order valence-corrected chi connectivity index (χ4v) is 5.24. The molecule has 2 N–H and O–H groups in total. The lowest BCUT2D eigenvalue weighted by atomic mass is 10.0. The highest BCUT2D eigenvalue weighted by atomic mass is 32.2. The van der Waals surface area contributed by atoms with Crippen LogP contribution in [-0.2, 0) is 21.3 Å². The number of ether oxygens (including phenoxy) is 3. The van der Waals surface area contributed by atoms with Gasteiger partial charge in [-0.15, -0.1) is 0 Å². The highest BCUT2D eigenvalue weighted by Crippen LogP contribution is 2.35. The Bertz CT molecular complexity index is 1590. The van der Waals surface area contributed by atoms with Gasteiger partial charge in [-0.05, 0) is 53.6 Å². The quantitative estimate of drug-likeness (QED) is 0.179. The number of sulfonamides is 1. The van der Waals surface area contributed by atoms with Gasteiger partial charge >= 0.3 is 6.09 Å². The number of halogens is 4. The minimum Gasteiger partial charge on any atom is -0.454 e. The normalized spacial score (nSPS) is 14.1. The Morgan fingerprint density at radius 1 is 1.02 bits per heavy atom. The number of nitrogens with zero attached hydrogens (tertiary/aromatic N) is 2. The van der Waals surface area contributed by atoms with E-state index in [-0.39, 0.29) is 42.1 Å². The van der Waals surface area contributed by atoms with Gasteiger partial charge in [0.15, 0.2) is 11.5 Å². The van der Waals surface area contributed by atoms with Crippen LogP contribution in [0.25, 0.3) is 0 Å². The molecule has 0 spiro atoms. The molecule has 2 aromatic carbocycles. The molecule has 1 aliphatic heterocycles. The van der Waals surface area contributed by atoms with Crippen LogP contribution < -0.4 is 19.5 Å². The topological polar surface area (TPSA) is 137 Å². The number of benzene rings is 2. The van der Waals surface area contributed by atoms with Crippen molar-refractivity contribution in [3.8, 4) is 23.1 Å². The van der Waals surface area contributed by atoms with Crippen molar-refractivity contribution in [2.75, 3.05) is 13.3 Å². The van der Waals surface area contributed by atoms with E-state index in [1.54, 1.807) is 13.8 Å². The Labute approximate surface area is 244 Å². The molecule has 0 bridgehead atoms. The van der Waals surface area contributed by atoms with Crippen LogP contribution in [0.5, 0.6) is 23.1 Å². The van der Waals surface area contributed by atoms with Crippen molar-refractivity contribution >= 4 is 16.1 Å². The summed E-state index contributed by atoms with van der Waals surface area (Å²) in [5.74, 6) is -8.70. The largest absolute Gasteiger partial charge is 0.454 e. The van der Waals surface area contributed by atoms with Gasteiger partial charge in [-0.1, -0.05) is 26.0 Å². The summed E-state index contributed by atoms with van der Waals surface area (Å²) in [6, 6.07) is 8.47. The van der Waals surface area contributed by atoms with Gasteiger partial charge in [0.1, 0.15) is 5.75 Å². The average Bonchev–Trinajstić information content (AvgIpc) is 3.43. The van der Waals surface area contributed by atoms with Crippen molar-refractivity contribution < 1.29 is 54.9 Å². The third-order valence-electron chi connectivity index (χ3n) is 6.04. The summed E-state index contributed by atoms with van der Waals surface area (Å²) in [6.45, 7) is 4.60. The lowest BCUT2D eigenvalue weighted by Crippen LogP contribution is -2.47. The highest BCUT2D eigenvalue weighted by Gasteiger charge is 2.32. The number of hydrogen-bond acceptors (Lipinski definition) is 9. The van der Waals surface area contributed by atoms with Gasteiger partial charge in [0.2, 0.25) is 24.2 Å². The molecule has 0 fully saturated rings. The summed E-state index contributed by atoms with van der Waals surface area (Å²) in [6.07, 6.45) is -2.27. The third-order valence-corrected chi connectivity index (χ3v) is 7.65. The van der Waals surface area contributed by atoms with E-state index >= 15 is 0 Å². The number of pyridine rings is 1. The Balaban J connectivity index is 1.44. The summed E-state index contributed by atoms with van der Waals surface area (Å²) in [5.41, 5.74) is 0.510. The molecule has 2 atom stereocenters. The van der Waals surface area contributed by atoms with Crippen LogP contribution in [0.2, 0.25) is 0 Å². The molecule has 11 nitrogen and oxygen atoms in total. The molecule has 2 unspecified atom stereocenters. The molecule has 0 radical (unpaired) electrons. The standard InChI is InChI=1S/C27H27F4N3O8S/c1-14(2)12-34(43(37,38)18-8-9-20-21(11-18)40-13-39-20)42-27(36)32-19(15(3)35)10-16-4-6-17(7-5-16)41-26-24(30)22(28)23(29)25(31)33-26/h4-9,11,14-15,19,35H,10,12-13H2,1-3H3,(H,32,36). The summed E-state index contributed by atoms with van der Waals surface area (Å²) in [7, 11) is -4.33. The molecule has 0 saturated carbocycles. The monoisotopic (exact) mass is 629 g/mol. The molecular formula is C27H27F4N3O8S. The van der Waals surface area contributed by atoms with Crippen LogP contribution in [0, 0.1) is 29.3 Å². The van der Waals surface area contributed by atoms with E-state index < -0.39 is 57.5 Å². The van der Waals surface area contributed by atoms with Crippen molar-refractivity contribution in [1.29, 1.82) is 0 Å². The maximum atomic E-state index is 13.9. The van der Waals surface area contributed by atoms with Crippen LogP contribution in [0.4, 0.5) is 22.4 Å². The maximum Gasteiger partial charge on any atom is 0.427 e. The van der Waals surface area contributed by atoms with E-state index in [0.29, 0.717) is 15.8 Å². The molecule has 43 heavy (non-hydrogen) atoms. The number of aliphatic hydroxyl groups is 1. The van der Waals surface area contributed by atoms with Crippen LogP contribution in [0.1, 0.15) is 26.3 Å². The number of hydroxylamine groups is 1. The van der Waals surface area contributed by atoms with Gasteiger partial charge in [-0.2, -0.15) is 18.2 Å². The number of rotatable bonds is 11. The SMILES string of the molecule is CC(C)CN(OC(=O)NC(Cc1ccc(Oc2nc(F)c(F)c(F)c2F)cc1)C(C)O)S(=O)(=O)c1ccc2c(c1)OCO2. The predicted molar refractivity (Wildman–Crippen MR) is 141 cm³/mol. The van der Waals surface area contributed by atoms with Crippen LogP contribution in [0.15, 0.2) is 47.4 Å². The number of carbonyl (C=O) groups is 1. The first-order chi connectivity index (χ1) is 20.3. The first-order valence-electron chi connectivity index (χ1n) is 12.8. The van der Waals surface area contributed by atoms with Gasteiger partial charge in [0.25, 0.3) is 21.9 Å². The molecule has 1 aliphatic rings. The fraction of sp³-hybridized carbons (Fsp3) is 0.333. The van der Waals surface area contributed by atoms with E-state index in [0.717, 1.165) is 0 Å². The Morgan fingerprint density at radius 2 is 1.70 bits per heavy atom. The number of fused-ring (bicyclic) bond motifs is 1. The van der Waals surface area contributed by atoms with Crippen LogP contribution >= 0.6 is 0 Å². The second kappa shape index (κ2) is 13.0. The smallest absolute Gasteiger partial charge is 0.427 e. The summed E-state index contributed by atoms with van der Waals surface area (Å²) < 4.78 is 96.5. The number of carbonyl (C=O) groups excluding carboxylic acids is 1. The molecular weight excluding hydrogens is 602 g/mol. The molecule has 2 heterocycles. The summed E-state index contributed by atoms with van der Waals surface area (Å²) >= 11 is 0. The van der Waals surface area contributed by atoms with E-state index in [1.807, 2.05) is 0 Å². The highest BCUT2D eigenvalue weighted by molar-refractivity contribution is 7.89. The zero-order valence-electron chi connectivity index (χ0n) is 23.0. The second-order valence-corrected chi connectivity index (χ2v) is 11.7. The Hall–Kier alpha value is -4.15. The first kappa shape index (κ1) is 31.8. The lowest BCUT2D eigenvalue weighted by molar-refractivity contribution is -0.0323. The van der Waals surface area contributed by atoms with Gasteiger partial charge in [-0.25, -0.2) is 17.6 Å². The first-order valence-corrected chi connectivity index (χ1v) is 14.3. The molecule has 4 rings (SSSR count). The lowest BCUT2D eigenvalue weighted by Gasteiger charge is -2.25. The Morgan fingerprint density at radius 3 is 2.35 bits per heavy atom. The van der Waals surface area contributed by atoms with Gasteiger partial charge in [-0.3, -0.25) is 0 Å². The average molecular weight is 630 g/mol. The predicted octanol–water partition coefficient (Wildman–Crippen LogP) is 4.44. The van der Waals surface area contributed by atoms with E-state index in [4.69, 9.17) is 19.0 Å². The minimum absolute atomic E-state index is 0.0125. The molecule has 16 heteroatoms.